The van der Waals surface area contributed by atoms with Crippen molar-refractivity contribution < 1.29 is 27.9 Å². The monoisotopic (exact) mass is 367 g/mol. The molecule has 0 saturated heterocycles. The average molecular weight is 368 g/mol. The SMILES string of the molecule is CC(CCC(=O)O)NC(=O)c1ccc(Br)c(C(F)(F)F)c1. The zero-order chi connectivity index (χ0) is 16.2. The summed E-state index contributed by atoms with van der Waals surface area (Å²) < 4.78 is 38.1. The van der Waals surface area contributed by atoms with Crippen LogP contribution in [0.5, 0.6) is 0 Å². The van der Waals surface area contributed by atoms with Crippen LogP contribution in [0.25, 0.3) is 0 Å². The predicted molar refractivity (Wildman–Crippen MR) is 72.9 cm³/mol. The van der Waals surface area contributed by atoms with Crippen LogP contribution < -0.4 is 5.32 Å². The highest BCUT2D eigenvalue weighted by molar-refractivity contribution is 9.10. The van der Waals surface area contributed by atoms with Gasteiger partial charge in [0.05, 0.1) is 5.56 Å². The van der Waals surface area contributed by atoms with Crippen LogP contribution in [0.4, 0.5) is 13.2 Å². The van der Waals surface area contributed by atoms with Crippen molar-refractivity contribution in [1.82, 2.24) is 5.32 Å². The van der Waals surface area contributed by atoms with Crippen LogP contribution in [-0.2, 0) is 11.0 Å². The molecule has 1 unspecified atom stereocenters. The first kappa shape index (κ1) is 17.5. The minimum atomic E-state index is -4.57. The summed E-state index contributed by atoms with van der Waals surface area (Å²) in [7, 11) is 0. The number of carboxylic acid groups (broad SMARTS) is 1. The lowest BCUT2D eigenvalue weighted by Crippen LogP contribution is -2.33. The largest absolute Gasteiger partial charge is 0.481 e. The number of rotatable bonds is 5. The molecule has 2 N–H and O–H groups in total. The van der Waals surface area contributed by atoms with Gasteiger partial charge in [0.25, 0.3) is 5.91 Å². The van der Waals surface area contributed by atoms with Crippen molar-refractivity contribution in [2.75, 3.05) is 0 Å². The predicted octanol–water partition coefficient (Wildman–Crippen LogP) is 3.45. The fraction of sp³-hybridized carbons (Fsp3) is 0.385. The topological polar surface area (TPSA) is 66.4 Å². The van der Waals surface area contributed by atoms with Crippen LogP contribution in [0.1, 0.15) is 35.7 Å². The summed E-state index contributed by atoms with van der Waals surface area (Å²) >= 11 is 2.79. The summed E-state index contributed by atoms with van der Waals surface area (Å²) in [5.41, 5.74) is -1.07. The van der Waals surface area contributed by atoms with E-state index in [9.17, 15) is 22.8 Å². The first-order chi connectivity index (χ1) is 9.61. The van der Waals surface area contributed by atoms with Crippen LogP contribution in [0.2, 0.25) is 0 Å². The molecule has 0 fully saturated rings. The molecule has 0 aromatic heterocycles. The van der Waals surface area contributed by atoms with Gasteiger partial charge in [-0.05, 0) is 31.5 Å². The molecule has 116 valence electrons. The Morgan fingerprint density at radius 1 is 1.38 bits per heavy atom. The quantitative estimate of drug-likeness (QED) is 0.837. The van der Waals surface area contributed by atoms with Gasteiger partial charge in [-0.2, -0.15) is 13.2 Å². The molecule has 21 heavy (non-hydrogen) atoms. The number of hydrogen-bond acceptors (Lipinski definition) is 2. The van der Waals surface area contributed by atoms with Crippen molar-refractivity contribution in [2.24, 2.45) is 0 Å². The lowest BCUT2D eigenvalue weighted by molar-refractivity contribution is -0.138. The van der Waals surface area contributed by atoms with Gasteiger partial charge in [-0.1, -0.05) is 15.9 Å². The van der Waals surface area contributed by atoms with Crippen LogP contribution >= 0.6 is 15.9 Å². The number of nitrogens with one attached hydrogen (secondary N) is 1. The van der Waals surface area contributed by atoms with Crippen molar-refractivity contribution in [3.8, 4) is 0 Å². The molecule has 0 aliphatic heterocycles. The summed E-state index contributed by atoms with van der Waals surface area (Å²) in [4.78, 5) is 22.3. The Morgan fingerprint density at radius 2 is 2.00 bits per heavy atom. The number of carbonyl (C=O) groups excluding carboxylic acids is 1. The van der Waals surface area contributed by atoms with Gasteiger partial charge in [0.2, 0.25) is 0 Å². The molecule has 1 rings (SSSR count). The van der Waals surface area contributed by atoms with Gasteiger partial charge >= 0.3 is 12.1 Å². The highest BCUT2D eigenvalue weighted by Crippen LogP contribution is 2.35. The number of alkyl halides is 3. The molecule has 0 bridgehead atoms. The number of aliphatic carboxylic acids is 1. The van der Waals surface area contributed by atoms with Crippen LogP contribution in [-0.4, -0.2) is 23.0 Å². The summed E-state index contributed by atoms with van der Waals surface area (Å²) in [5.74, 6) is -1.68. The highest BCUT2D eigenvalue weighted by Gasteiger charge is 2.33. The molecule has 0 aliphatic rings. The van der Waals surface area contributed by atoms with E-state index in [0.717, 1.165) is 12.1 Å². The molecule has 4 nitrogen and oxygen atoms in total. The molecule has 1 atom stereocenters. The van der Waals surface area contributed by atoms with E-state index in [-0.39, 0.29) is 22.9 Å². The fourth-order valence-corrected chi connectivity index (χ4v) is 2.07. The third kappa shape index (κ3) is 5.37. The van der Waals surface area contributed by atoms with E-state index in [1.807, 2.05) is 0 Å². The Morgan fingerprint density at radius 3 is 2.52 bits per heavy atom. The van der Waals surface area contributed by atoms with Crippen LogP contribution in [0.15, 0.2) is 22.7 Å². The van der Waals surface area contributed by atoms with Crippen molar-refractivity contribution in [1.29, 1.82) is 0 Å². The minimum absolute atomic E-state index is 0.129. The maximum absolute atomic E-state index is 12.7. The van der Waals surface area contributed by atoms with E-state index in [0.29, 0.717) is 0 Å². The molecule has 8 heteroatoms. The Labute approximate surface area is 127 Å². The van der Waals surface area contributed by atoms with Crippen LogP contribution in [0, 0.1) is 0 Å². The van der Waals surface area contributed by atoms with Crippen molar-refractivity contribution in [3.05, 3.63) is 33.8 Å². The summed E-state index contributed by atoms with van der Waals surface area (Å²) in [6.45, 7) is 1.59. The molecule has 1 amide bonds. The highest BCUT2D eigenvalue weighted by atomic mass is 79.9. The first-order valence-electron chi connectivity index (χ1n) is 6.00. The Bertz CT molecular complexity index is 546. The van der Waals surface area contributed by atoms with E-state index >= 15 is 0 Å². The second kappa shape index (κ2) is 6.93. The fourth-order valence-electron chi connectivity index (χ4n) is 1.60. The zero-order valence-electron chi connectivity index (χ0n) is 11.0. The summed E-state index contributed by atoms with van der Waals surface area (Å²) in [6.07, 6.45) is -4.50. The molecule has 0 heterocycles. The summed E-state index contributed by atoms with van der Waals surface area (Å²) in [5, 5.41) is 11.0. The van der Waals surface area contributed by atoms with Gasteiger partial charge < -0.3 is 10.4 Å². The zero-order valence-corrected chi connectivity index (χ0v) is 12.6. The maximum Gasteiger partial charge on any atom is 0.417 e. The normalized spacial score (nSPS) is 12.8. The number of carboxylic acids is 1. The van der Waals surface area contributed by atoms with E-state index in [2.05, 4.69) is 21.2 Å². The van der Waals surface area contributed by atoms with Crippen molar-refractivity contribution in [3.63, 3.8) is 0 Å². The number of hydrogen-bond donors (Lipinski definition) is 2. The third-order valence-corrected chi connectivity index (χ3v) is 3.39. The number of halogens is 4. The second-order valence-electron chi connectivity index (χ2n) is 4.50. The average Bonchev–Trinajstić information content (AvgIpc) is 2.35. The molecular weight excluding hydrogens is 355 g/mol. The molecular formula is C13H13BrF3NO3. The lowest BCUT2D eigenvalue weighted by Gasteiger charge is -2.14. The first-order valence-corrected chi connectivity index (χ1v) is 6.80. The van der Waals surface area contributed by atoms with Crippen molar-refractivity contribution in [2.45, 2.75) is 32.0 Å². The van der Waals surface area contributed by atoms with Gasteiger partial charge in [0.1, 0.15) is 0 Å². The molecule has 1 aromatic rings. The van der Waals surface area contributed by atoms with E-state index in [1.165, 1.54) is 6.07 Å². The molecule has 0 spiro atoms. The smallest absolute Gasteiger partial charge is 0.417 e. The van der Waals surface area contributed by atoms with Gasteiger partial charge in [-0.3, -0.25) is 9.59 Å². The second-order valence-corrected chi connectivity index (χ2v) is 5.35. The van der Waals surface area contributed by atoms with Gasteiger partial charge in [0, 0.05) is 22.5 Å². The minimum Gasteiger partial charge on any atom is -0.481 e. The standard InChI is InChI=1S/C13H13BrF3NO3/c1-7(2-5-11(19)20)18-12(21)8-3-4-10(14)9(6-8)13(15,16)17/h3-4,6-7H,2,5H2,1H3,(H,18,21)(H,19,20). The number of benzene rings is 1. The van der Waals surface area contributed by atoms with Gasteiger partial charge in [0.15, 0.2) is 0 Å². The number of amides is 1. The molecule has 1 aromatic carbocycles. The van der Waals surface area contributed by atoms with Crippen LogP contribution in [0.3, 0.4) is 0 Å². The molecule has 0 radical (unpaired) electrons. The van der Waals surface area contributed by atoms with E-state index in [1.54, 1.807) is 6.92 Å². The Kier molecular flexibility index (Phi) is 5.77. The van der Waals surface area contributed by atoms with Crippen molar-refractivity contribution >= 4 is 27.8 Å². The molecule has 0 saturated carbocycles. The van der Waals surface area contributed by atoms with Gasteiger partial charge in [-0.15, -0.1) is 0 Å². The Balaban J connectivity index is 2.82. The third-order valence-electron chi connectivity index (χ3n) is 2.70. The lowest BCUT2D eigenvalue weighted by atomic mass is 10.1. The van der Waals surface area contributed by atoms with E-state index < -0.39 is 29.7 Å². The maximum atomic E-state index is 12.7. The number of carbonyl (C=O) groups is 2. The summed E-state index contributed by atoms with van der Waals surface area (Å²) in [6, 6.07) is 2.72. The van der Waals surface area contributed by atoms with E-state index in [4.69, 9.17) is 5.11 Å². The Hall–Kier alpha value is -1.57. The molecule has 0 aliphatic carbocycles. The van der Waals surface area contributed by atoms with Gasteiger partial charge in [-0.25, -0.2) is 0 Å².